The van der Waals surface area contributed by atoms with Gasteiger partial charge in [-0.05, 0) is 40.4 Å². The minimum absolute atomic E-state index is 0.787. The maximum absolute atomic E-state index is 5.09. The summed E-state index contributed by atoms with van der Waals surface area (Å²) in [7, 11) is 1.74. The fourth-order valence-electron chi connectivity index (χ4n) is 2.07. The Morgan fingerprint density at radius 1 is 1.47 bits per heavy atom. The number of ether oxygens (including phenoxy) is 1. The molecule has 0 fully saturated rings. The van der Waals surface area contributed by atoms with Crippen molar-refractivity contribution in [3.63, 3.8) is 0 Å². The topological polar surface area (TPSA) is 27.1 Å². The van der Waals surface area contributed by atoms with Gasteiger partial charge in [-0.2, -0.15) is 0 Å². The van der Waals surface area contributed by atoms with Gasteiger partial charge in [0.2, 0.25) is 0 Å². The molecule has 0 N–H and O–H groups in total. The SMILES string of the molecule is CCc1cn(CCCOC)c2nccc(Br)c12. The molecule has 0 aliphatic rings. The molecule has 0 aromatic carbocycles. The molecule has 0 spiro atoms. The van der Waals surface area contributed by atoms with E-state index in [1.165, 1.54) is 10.9 Å². The maximum Gasteiger partial charge on any atom is 0.141 e. The molecule has 2 aromatic heterocycles. The molecule has 0 saturated heterocycles. The zero-order valence-electron chi connectivity index (χ0n) is 10.2. The van der Waals surface area contributed by atoms with Crippen LogP contribution >= 0.6 is 15.9 Å². The van der Waals surface area contributed by atoms with E-state index < -0.39 is 0 Å². The lowest BCUT2D eigenvalue weighted by molar-refractivity contribution is 0.190. The number of fused-ring (bicyclic) bond motifs is 1. The third kappa shape index (κ3) is 2.53. The second-order valence-electron chi connectivity index (χ2n) is 4.04. The number of halogens is 1. The summed E-state index contributed by atoms with van der Waals surface area (Å²) in [5.74, 6) is 0. The first kappa shape index (κ1) is 12.6. The van der Waals surface area contributed by atoms with Crippen LogP contribution in [-0.2, 0) is 17.7 Å². The molecule has 0 amide bonds. The lowest BCUT2D eigenvalue weighted by atomic mass is 10.2. The lowest BCUT2D eigenvalue weighted by Crippen LogP contribution is -2.00. The van der Waals surface area contributed by atoms with Gasteiger partial charge >= 0.3 is 0 Å². The first-order valence-corrected chi connectivity index (χ1v) is 6.68. The molecule has 3 nitrogen and oxygen atoms in total. The van der Waals surface area contributed by atoms with E-state index in [1.807, 2.05) is 12.3 Å². The number of aryl methyl sites for hydroxylation is 2. The molecule has 0 radical (unpaired) electrons. The first-order chi connectivity index (χ1) is 8.27. The van der Waals surface area contributed by atoms with E-state index in [9.17, 15) is 0 Å². The zero-order valence-corrected chi connectivity index (χ0v) is 11.8. The fraction of sp³-hybridized carbons (Fsp3) is 0.462. The largest absolute Gasteiger partial charge is 0.385 e. The van der Waals surface area contributed by atoms with Gasteiger partial charge in [0.05, 0.1) is 0 Å². The molecule has 92 valence electrons. The summed E-state index contributed by atoms with van der Waals surface area (Å²) < 4.78 is 8.44. The van der Waals surface area contributed by atoms with Crippen molar-refractivity contribution in [2.75, 3.05) is 13.7 Å². The monoisotopic (exact) mass is 296 g/mol. The van der Waals surface area contributed by atoms with E-state index in [0.29, 0.717) is 0 Å². The van der Waals surface area contributed by atoms with Crippen LogP contribution < -0.4 is 0 Å². The highest BCUT2D eigenvalue weighted by molar-refractivity contribution is 9.10. The average Bonchev–Trinajstić information content (AvgIpc) is 2.70. The lowest BCUT2D eigenvalue weighted by Gasteiger charge is -2.03. The molecular formula is C13H17BrN2O. The second kappa shape index (κ2) is 5.65. The van der Waals surface area contributed by atoms with Gasteiger partial charge in [0.25, 0.3) is 0 Å². The van der Waals surface area contributed by atoms with Gasteiger partial charge in [0.1, 0.15) is 5.65 Å². The summed E-state index contributed by atoms with van der Waals surface area (Å²) in [4.78, 5) is 4.48. The minimum Gasteiger partial charge on any atom is -0.385 e. The zero-order chi connectivity index (χ0) is 12.3. The highest BCUT2D eigenvalue weighted by Gasteiger charge is 2.10. The summed E-state index contributed by atoms with van der Waals surface area (Å²) in [6.07, 6.45) is 6.09. The van der Waals surface area contributed by atoms with Crippen LogP contribution in [0.2, 0.25) is 0 Å². The molecule has 0 atom stereocenters. The molecule has 4 heteroatoms. The number of hydrogen-bond acceptors (Lipinski definition) is 2. The van der Waals surface area contributed by atoms with Crippen LogP contribution in [0.5, 0.6) is 0 Å². The third-order valence-electron chi connectivity index (χ3n) is 2.91. The standard InChI is InChI=1S/C13H17BrN2O/c1-3-10-9-16(7-4-8-17-2)13-12(10)11(14)5-6-15-13/h5-6,9H,3-4,7-8H2,1-2H3. The number of nitrogens with zero attached hydrogens (tertiary/aromatic N) is 2. The highest BCUT2D eigenvalue weighted by atomic mass is 79.9. The summed E-state index contributed by atoms with van der Waals surface area (Å²) in [6.45, 7) is 3.91. The van der Waals surface area contributed by atoms with Crippen molar-refractivity contribution in [1.29, 1.82) is 0 Å². The fourth-order valence-corrected chi connectivity index (χ4v) is 2.62. The Hall–Kier alpha value is -0.870. The van der Waals surface area contributed by atoms with Gasteiger partial charge < -0.3 is 9.30 Å². The molecule has 0 bridgehead atoms. The van der Waals surface area contributed by atoms with Gasteiger partial charge in [-0.25, -0.2) is 4.98 Å². The molecule has 2 heterocycles. The second-order valence-corrected chi connectivity index (χ2v) is 4.89. The Morgan fingerprint density at radius 2 is 2.29 bits per heavy atom. The summed E-state index contributed by atoms with van der Waals surface area (Å²) in [5.41, 5.74) is 2.41. The normalized spacial score (nSPS) is 11.2. The van der Waals surface area contributed by atoms with E-state index >= 15 is 0 Å². The molecule has 0 saturated carbocycles. The number of rotatable bonds is 5. The van der Waals surface area contributed by atoms with Crippen molar-refractivity contribution in [2.24, 2.45) is 0 Å². The van der Waals surface area contributed by atoms with Crippen LogP contribution in [0.1, 0.15) is 18.9 Å². The Balaban J connectivity index is 2.39. The van der Waals surface area contributed by atoms with Crippen LogP contribution in [0, 0.1) is 0 Å². The molecule has 0 aliphatic heterocycles. The first-order valence-electron chi connectivity index (χ1n) is 5.89. The smallest absolute Gasteiger partial charge is 0.141 e. The molecule has 0 aliphatic carbocycles. The van der Waals surface area contributed by atoms with E-state index in [4.69, 9.17) is 4.74 Å². The number of pyridine rings is 1. The van der Waals surface area contributed by atoms with Gasteiger partial charge in [-0.3, -0.25) is 0 Å². The van der Waals surface area contributed by atoms with Crippen LogP contribution in [0.25, 0.3) is 11.0 Å². The summed E-state index contributed by atoms with van der Waals surface area (Å²) in [6, 6.07) is 2.00. The van der Waals surface area contributed by atoms with Crippen LogP contribution in [-0.4, -0.2) is 23.3 Å². The van der Waals surface area contributed by atoms with Gasteiger partial charge in [-0.15, -0.1) is 0 Å². The Kier molecular flexibility index (Phi) is 4.18. The molecule has 2 rings (SSSR count). The van der Waals surface area contributed by atoms with Crippen molar-refractivity contribution >= 4 is 27.0 Å². The van der Waals surface area contributed by atoms with E-state index in [1.54, 1.807) is 7.11 Å². The van der Waals surface area contributed by atoms with Crippen molar-refractivity contribution < 1.29 is 4.74 Å². The third-order valence-corrected chi connectivity index (χ3v) is 3.57. The predicted octanol–water partition coefficient (Wildman–Crippen LogP) is 3.40. The van der Waals surface area contributed by atoms with Crippen LogP contribution in [0.3, 0.4) is 0 Å². The van der Waals surface area contributed by atoms with Crippen molar-refractivity contribution in [3.05, 3.63) is 28.5 Å². The van der Waals surface area contributed by atoms with Crippen molar-refractivity contribution in [2.45, 2.75) is 26.3 Å². The molecule has 2 aromatic rings. The van der Waals surface area contributed by atoms with Gasteiger partial charge in [-0.1, -0.05) is 6.92 Å². The number of methoxy groups -OCH3 is 1. The van der Waals surface area contributed by atoms with E-state index in [-0.39, 0.29) is 0 Å². The number of hydrogen-bond donors (Lipinski definition) is 0. The van der Waals surface area contributed by atoms with Crippen molar-refractivity contribution in [3.8, 4) is 0 Å². The average molecular weight is 297 g/mol. The van der Waals surface area contributed by atoms with E-state index in [2.05, 4.69) is 38.6 Å². The van der Waals surface area contributed by atoms with Crippen LogP contribution in [0.4, 0.5) is 0 Å². The van der Waals surface area contributed by atoms with Gasteiger partial charge in [0.15, 0.2) is 0 Å². The number of aromatic nitrogens is 2. The Labute approximate surface area is 110 Å². The van der Waals surface area contributed by atoms with Crippen molar-refractivity contribution in [1.82, 2.24) is 9.55 Å². The highest BCUT2D eigenvalue weighted by Crippen LogP contribution is 2.27. The molecular weight excluding hydrogens is 280 g/mol. The van der Waals surface area contributed by atoms with Crippen LogP contribution in [0.15, 0.2) is 22.9 Å². The molecule has 17 heavy (non-hydrogen) atoms. The van der Waals surface area contributed by atoms with E-state index in [0.717, 1.165) is 36.1 Å². The Morgan fingerprint density at radius 3 is 3.00 bits per heavy atom. The minimum atomic E-state index is 0.787. The quantitative estimate of drug-likeness (QED) is 0.791. The molecule has 0 unspecified atom stereocenters. The maximum atomic E-state index is 5.09. The van der Waals surface area contributed by atoms with Gasteiger partial charge in [0, 0.05) is 42.5 Å². The Bertz CT molecular complexity index is 507. The predicted molar refractivity (Wildman–Crippen MR) is 73.3 cm³/mol. The summed E-state index contributed by atoms with van der Waals surface area (Å²) in [5, 5.41) is 1.24. The summed E-state index contributed by atoms with van der Waals surface area (Å²) >= 11 is 3.61.